The largest absolute Gasteiger partial charge is 0.314 e. The van der Waals surface area contributed by atoms with Crippen molar-refractivity contribution in [2.45, 2.75) is 39.8 Å². The summed E-state index contributed by atoms with van der Waals surface area (Å²) in [6, 6.07) is 0. The molecule has 0 aromatic heterocycles. The van der Waals surface area contributed by atoms with Gasteiger partial charge in [-0.15, -0.1) is 0 Å². The van der Waals surface area contributed by atoms with Crippen LogP contribution in [0.1, 0.15) is 33.6 Å². The summed E-state index contributed by atoms with van der Waals surface area (Å²) in [5.74, 6) is 5.21. The van der Waals surface area contributed by atoms with Gasteiger partial charge in [-0.1, -0.05) is 27.2 Å². The fraction of sp³-hybridized carbons (Fsp3) is 1.00. The molecule has 3 nitrogen and oxygen atoms in total. The molecule has 0 saturated carbocycles. The van der Waals surface area contributed by atoms with Crippen LogP contribution in [0.2, 0.25) is 0 Å². The first-order valence-electron chi connectivity index (χ1n) is 3.76. The van der Waals surface area contributed by atoms with Crippen molar-refractivity contribution in [3.05, 3.63) is 0 Å². The lowest BCUT2D eigenvalue weighted by atomic mass is 9.85. The zero-order chi connectivity index (χ0) is 8.20. The highest BCUT2D eigenvalue weighted by Gasteiger charge is 2.23. The van der Waals surface area contributed by atoms with Gasteiger partial charge in [0.2, 0.25) is 0 Å². The Morgan fingerprint density at radius 1 is 1.50 bits per heavy atom. The predicted molar refractivity (Wildman–Crippen MR) is 44.0 cm³/mol. The Kier molecular flexibility index (Phi) is 3.86. The van der Waals surface area contributed by atoms with Crippen LogP contribution in [0.4, 0.5) is 0 Å². The first-order valence-corrected chi connectivity index (χ1v) is 3.76. The van der Waals surface area contributed by atoms with Crippen LogP contribution < -0.4 is 17.0 Å². The minimum Gasteiger partial charge on any atom is -0.314 e. The van der Waals surface area contributed by atoms with E-state index in [-0.39, 0.29) is 11.6 Å². The van der Waals surface area contributed by atoms with E-state index in [1.165, 1.54) is 0 Å². The Hall–Kier alpha value is -0.120. The third-order valence-corrected chi connectivity index (χ3v) is 1.92. The third kappa shape index (κ3) is 2.64. The third-order valence-electron chi connectivity index (χ3n) is 1.92. The summed E-state index contributed by atoms with van der Waals surface area (Å²) in [6.45, 7) is 6.37. The van der Waals surface area contributed by atoms with Crippen LogP contribution in [0.15, 0.2) is 0 Å². The molecule has 1 atom stereocenters. The standard InChI is InChI=1S/C7H19N3/c1-4-5-7(2,3)6(8)10-9/h6,10H,4-5,8-9H2,1-3H3/t6-/m1/s1. The summed E-state index contributed by atoms with van der Waals surface area (Å²) >= 11 is 0. The zero-order valence-corrected chi connectivity index (χ0v) is 7.15. The fourth-order valence-electron chi connectivity index (χ4n) is 1.03. The minimum absolute atomic E-state index is 0.101. The van der Waals surface area contributed by atoms with Crippen molar-refractivity contribution < 1.29 is 0 Å². The average Bonchev–Trinajstić information content (AvgIpc) is 1.86. The molecule has 5 N–H and O–H groups in total. The molecule has 10 heavy (non-hydrogen) atoms. The molecule has 0 amide bonds. The van der Waals surface area contributed by atoms with E-state index in [4.69, 9.17) is 11.6 Å². The van der Waals surface area contributed by atoms with E-state index in [9.17, 15) is 0 Å². The molecule has 0 unspecified atom stereocenters. The molecular weight excluding hydrogens is 126 g/mol. The van der Waals surface area contributed by atoms with Gasteiger partial charge in [-0.3, -0.25) is 5.84 Å². The van der Waals surface area contributed by atoms with Gasteiger partial charge in [-0.25, -0.2) is 5.43 Å². The summed E-state index contributed by atoms with van der Waals surface area (Å²) in [5.41, 5.74) is 8.37. The molecule has 0 radical (unpaired) electrons. The van der Waals surface area contributed by atoms with Crippen LogP contribution in [-0.4, -0.2) is 6.17 Å². The Morgan fingerprint density at radius 3 is 2.30 bits per heavy atom. The molecule has 62 valence electrons. The second-order valence-corrected chi connectivity index (χ2v) is 3.38. The predicted octanol–water partition coefficient (Wildman–Crippen LogP) is 0.561. The normalized spacial score (nSPS) is 15.3. The first-order chi connectivity index (χ1) is 4.54. The highest BCUT2D eigenvalue weighted by molar-refractivity contribution is 4.76. The fourth-order valence-corrected chi connectivity index (χ4v) is 1.03. The van der Waals surface area contributed by atoms with Crippen molar-refractivity contribution in [2.75, 3.05) is 0 Å². The van der Waals surface area contributed by atoms with E-state index < -0.39 is 0 Å². The highest BCUT2D eigenvalue weighted by Crippen LogP contribution is 2.23. The lowest BCUT2D eigenvalue weighted by Crippen LogP contribution is -2.51. The number of nitrogens with two attached hydrogens (primary N) is 2. The molecule has 0 fully saturated rings. The number of nitrogens with one attached hydrogen (secondary N) is 1. The van der Waals surface area contributed by atoms with E-state index in [0.29, 0.717) is 0 Å². The van der Waals surface area contributed by atoms with E-state index in [2.05, 4.69) is 26.2 Å². The molecule has 0 rings (SSSR count). The Balaban J connectivity index is 3.82. The van der Waals surface area contributed by atoms with E-state index in [1.807, 2.05) is 0 Å². The van der Waals surface area contributed by atoms with Gasteiger partial charge in [-0.05, 0) is 11.8 Å². The molecule has 0 aliphatic heterocycles. The lowest BCUT2D eigenvalue weighted by Gasteiger charge is -2.30. The van der Waals surface area contributed by atoms with Crippen molar-refractivity contribution in [1.29, 1.82) is 0 Å². The van der Waals surface area contributed by atoms with Crippen molar-refractivity contribution in [2.24, 2.45) is 17.0 Å². The smallest absolute Gasteiger partial charge is 0.0728 e. The molecule has 0 saturated heterocycles. The maximum absolute atomic E-state index is 5.70. The molecular formula is C7H19N3. The number of hydrogen-bond donors (Lipinski definition) is 3. The highest BCUT2D eigenvalue weighted by atomic mass is 15.3. The summed E-state index contributed by atoms with van der Waals surface area (Å²) in [4.78, 5) is 0. The number of hydrazine groups is 1. The van der Waals surface area contributed by atoms with Gasteiger partial charge >= 0.3 is 0 Å². The molecule has 0 aromatic carbocycles. The molecule has 0 aliphatic carbocycles. The monoisotopic (exact) mass is 145 g/mol. The molecule has 0 aromatic rings. The zero-order valence-electron chi connectivity index (χ0n) is 7.15. The quantitative estimate of drug-likeness (QED) is 0.308. The van der Waals surface area contributed by atoms with E-state index in [0.717, 1.165) is 12.8 Å². The number of hydrogen-bond acceptors (Lipinski definition) is 3. The summed E-state index contributed by atoms with van der Waals surface area (Å²) in [5, 5.41) is 0. The Morgan fingerprint density at radius 2 is 2.00 bits per heavy atom. The van der Waals surface area contributed by atoms with Crippen molar-refractivity contribution in [3.8, 4) is 0 Å². The van der Waals surface area contributed by atoms with E-state index in [1.54, 1.807) is 0 Å². The van der Waals surface area contributed by atoms with Crippen LogP contribution in [0, 0.1) is 5.41 Å². The Bertz CT molecular complexity index is 90.9. The van der Waals surface area contributed by atoms with Crippen LogP contribution in [-0.2, 0) is 0 Å². The minimum atomic E-state index is -0.104. The molecule has 0 heterocycles. The average molecular weight is 145 g/mol. The molecule has 0 aliphatic rings. The number of rotatable bonds is 4. The molecule has 3 heteroatoms. The first kappa shape index (κ1) is 9.88. The van der Waals surface area contributed by atoms with Crippen molar-refractivity contribution in [3.63, 3.8) is 0 Å². The van der Waals surface area contributed by atoms with Gasteiger partial charge in [-0.2, -0.15) is 0 Å². The van der Waals surface area contributed by atoms with Gasteiger partial charge in [0.25, 0.3) is 0 Å². The van der Waals surface area contributed by atoms with Gasteiger partial charge < -0.3 is 5.73 Å². The summed E-state index contributed by atoms with van der Waals surface area (Å²) in [7, 11) is 0. The van der Waals surface area contributed by atoms with E-state index >= 15 is 0 Å². The van der Waals surface area contributed by atoms with Crippen LogP contribution in [0.5, 0.6) is 0 Å². The van der Waals surface area contributed by atoms with Crippen LogP contribution in [0.25, 0.3) is 0 Å². The summed E-state index contributed by atoms with van der Waals surface area (Å²) in [6.07, 6.45) is 2.13. The van der Waals surface area contributed by atoms with Crippen molar-refractivity contribution >= 4 is 0 Å². The second-order valence-electron chi connectivity index (χ2n) is 3.38. The lowest BCUT2D eigenvalue weighted by molar-refractivity contribution is 0.227. The van der Waals surface area contributed by atoms with Crippen molar-refractivity contribution in [1.82, 2.24) is 5.43 Å². The molecule has 0 bridgehead atoms. The SMILES string of the molecule is CCCC(C)(C)[C@H](N)NN. The van der Waals surface area contributed by atoms with Gasteiger partial charge in [0.1, 0.15) is 0 Å². The molecule has 0 spiro atoms. The van der Waals surface area contributed by atoms with Gasteiger partial charge in [0, 0.05) is 0 Å². The Labute approximate surface area is 63.1 Å². The van der Waals surface area contributed by atoms with Crippen LogP contribution in [0.3, 0.4) is 0 Å². The maximum atomic E-state index is 5.70. The summed E-state index contributed by atoms with van der Waals surface area (Å²) < 4.78 is 0. The topological polar surface area (TPSA) is 64.1 Å². The van der Waals surface area contributed by atoms with Gasteiger partial charge in [0.05, 0.1) is 6.17 Å². The van der Waals surface area contributed by atoms with Crippen LogP contribution >= 0.6 is 0 Å². The van der Waals surface area contributed by atoms with Gasteiger partial charge in [0.15, 0.2) is 0 Å². The second kappa shape index (κ2) is 3.91. The maximum Gasteiger partial charge on any atom is 0.0728 e.